The molecule has 2 aromatic rings. The van der Waals surface area contributed by atoms with Gasteiger partial charge in [-0.3, -0.25) is 0 Å². The van der Waals surface area contributed by atoms with Crippen LogP contribution < -0.4 is 10.5 Å². The van der Waals surface area contributed by atoms with E-state index in [9.17, 15) is 0 Å². The van der Waals surface area contributed by atoms with Crippen molar-refractivity contribution < 1.29 is 4.74 Å². The molecule has 0 saturated carbocycles. The lowest BCUT2D eigenvalue weighted by Gasteiger charge is -2.07. The van der Waals surface area contributed by atoms with Crippen molar-refractivity contribution in [2.45, 2.75) is 0 Å². The minimum Gasteiger partial charge on any atom is -0.495 e. The van der Waals surface area contributed by atoms with Crippen LogP contribution in [0.1, 0.15) is 0 Å². The van der Waals surface area contributed by atoms with Crippen LogP contribution in [0.5, 0.6) is 5.75 Å². The molecule has 0 saturated heterocycles. The lowest BCUT2D eigenvalue weighted by molar-refractivity contribution is 0.417. The number of methoxy groups -OCH3 is 1. The van der Waals surface area contributed by atoms with Crippen LogP contribution in [-0.4, -0.2) is 7.11 Å². The van der Waals surface area contributed by atoms with Crippen molar-refractivity contribution in [3.05, 3.63) is 34.8 Å². The predicted octanol–water partition coefficient (Wildman–Crippen LogP) is 3.19. The average Bonchev–Trinajstić information content (AvgIpc) is 2.18. The molecule has 0 spiro atoms. The second-order valence-electron chi connectivity index (χ2n) is 3.05. The number of nitrogens with two attached hydrogens (primary N) is 1. The second kappa shape index (κ2) is 3.50. The third kappa shape index (κ3) is 1.44. The average molecular weight is 252 g/mol. The first-order valence-electron chi connectivity index (χ1n) is 4.24. The van der Waals surface area contributed by atoms with Crippen LogP contribution in [-0.2, 0) is 0 Å². The summed E-state index contributed by atoms with van der Waals surface area (Å²) in [5, 5.41) is 2.13. The molecule has 2 nitrogen and oxygen atoms in total. The molecular weight excluding hydrogens is 242 g/mol. The van der Waals surface area contributed by atoms with E-state index in [1.807, 2.05) is 30.3 Å². The summed E-state index contributed by atoms with van der Waals surface area (Å²) in [6.07, 6.45) is 0. The Hall–Kier alpha value is -1.22. The van der Waals surface area contributed by atoms with Crippen LogP contribution in [0.15, 0.2) is 34.8 Å². The van der Waals surface area contributed by atoms with Gasteiger partial charge in [-0.05, 0) is 23.6 Å². The molecule has 72 valence electrons. The maximum atomic E-state index is 5.94. The number of fused-ring (bicyclic) bond motifs is 1. The van der Waals surface area contributed by atoms with Crippen molar-refractivity contribution in [1.82, 2.24) is 0 Å². The van der Waals surface area contributed by atoms with Gasteiger partial charge in [0.25, 0.3) is 0 Å². The molecule has 0 bridgehead atoms. The number of halogens is 1. The van der Waals surface area contributed by atoms with Gasteiger partial charge in [0.2, 0.25) is 0 Å². The number of hydrogen-bond donors (Lipinski definition) is 1. The maximum Gasteiger partial charge on any atom is 0.142 e. The Kier molecular flexibility index (Phi) is 2.33. The molecule has 0 atom stereocenters. The molecule has 0 aromatic heterocycles. The summed E-state index contributed by atoms with van der Waals surface area (Å²) in [5.74, 6) is 0.722. The first kappa shape index (κ1) is 9.34. The fraction of sp³-hybridized carbons (Fsp3) is 0.0909. The van der Waals surface area contributed by atoms with Gasteiger partial charge in [0.15, 0.2) is 0 Å². The molecule has 2 rings (SSSR count). The number of benzene rings is 2. The largest absolute Gasteiger partial charge is 0.495 e. The van der Waals surface area contributed by atoms with E-state index in [2.05, 4.69) is 15.9 Å². The van der Waals surface area contributed by atoms with Crippen LogP contribution in [0.25, 0.3) is 10.8 Å². The molecule has 0 heterocycles. The molecule has 0 fully saturated rings. The number of hydrogen-bond acceptors (Lipinski definition) is 2. The van der Waals surface area contributed by atoms with E-state index in [1.165, 1.54) is 0 Å². The predicted molar refractivity (Wildman–Crippen MR) is 62.6 cm³/mol. The van der Waals surface area contributed by atoms with Crippen molar-refractivity contribution in [2.24, 2.45) is 0 Å². The fourth-order valence-corrected chi connectivity index (χ4v) is 1.86. The molecule has 14 heavy (non-hydrogen) atoms. The van der Waals surface area contributed by atoms with E-state index in [4.69, 9.17) is 10.5 Å². The van der Waals surface area contributed by atoms with Crippen LogP contribution in [0.4, 0.5) is 5.69 Å². The van der Waals surface area contributed by atoms with Crippen molar-refractivity contribution in [2.75, 3.05) is 12.8 Å². The highest BCUT2D eigenvalue weighted by molar-refractivity contribution is 9.10. The molecule has 0 unspecified atom stereocenters. The van der Waals surface area contributed by atoms with Crippen molar-refractivity contribution in [3.63, 3.8) is 0 Å². The first-order chi connectivity index (χ1) is 6.72. The van der Waals surface area contributed by atoms with Gasteiger partial charge in [0.05, 0.1) is 12.8 Å². The van der Waals surface area contributed by atoms with E-state index in [0.717, 1.165) is 21.0 Å². The van der Waals surface area contributed by atoms with Crippen molar-refractivity contribution in [1.29, 1.82) is 0 Å². The Labute approximate surface area is 90.8 Å². The summed E-state index contributed by atoms with van der Waals surface area (Å²) in [6, 6.07) is 9.86. The number of anilines is 1. The van der Waals surface area contributed by atoms with Gasteiger partial charge in [-0.1, -0.05) is 28.1 Å². The zero-order chi connectivity index (χ0) is 10.1. The Balaban J connectivity index is 2.77. The molecule has 0 aliphatic carbocycles. The molecule has 0 radical (unpaired) electrons. The maximum absolute atomic E-state index is 5.94. The highest BCUT2D eigenvalue weighted by Gasteiger charge is 2.04. The molecular formula is C11H10BrNO. The Bertz CT molecular complexity index is 482. The van der Waals surface area contributed by atoms with E-state index >= 15 is 0 Å². The highest BCUT2D eigenvalue weighted by atomic mass is 79.9. The summed E-state index contributed by atoms with van der Waals surface area (Å²) in [5.41, 5.74) is 6.63. The van der Waals surface area contributed by atoms with Gasteiger partial charge in [-0.25, -0.2) is 0 Å². The minimum absolute atomic E-state index is 0.692. The Morgan fingerprint density at radius 2 is 2.00 bits per heavy atom. The summed E-state index contributed by atoms with van der Waals surface area (Å²) in [7, 11) is 1.62. The van der Waals surface area contributed by atoms with Crippen LogP contribution >= 0.6 is 15.9 Å². The van der Waals surface area contributed by atoms with E-state index in [0.29, 0.717) is 5.69 Å². The minimum atomic E-state index is 0.692. The standard InChI is InChI=1S/C11H10BrNO/c1-14-10-5-2-7-6-8(12)3-4-9(7)11(10)13/h2-6H,13H2,1H3. The molecule has 0 amide bonds. The third-order valence-corrected chi connectivity index (χ3v) is 2.70. The molecule has 3 heteroatoms. The van der Waals surface area contributed by atoms with Gasteiger partial charge in [0, 0.05) is 9.86 Å². The van der Waals surface area contributed by atoms with E-state index < -0.39 is 0 Å². The zero-order valence-corrected chi connectivity index (χ0v) is 9.34. The van der Waals surface area contributed by atoms with Crippen LogP contribution in [0.3, 0.4) is 0 Å². The number of ether oxygens (including phenoxy) is 1. The summed E-state index contributed by atoms with van der Waals surface area (Å²) in [6.45, 7) is 0. The molecule has 2 aromatic carbocycles. The molecule has 2 N–H and O–H groups in total. The van der Waals surface area contributed by atoms with Crippen molar-refractivity contribution in [3.8, 4) is 5.75 Å². The van der Waals surface area contributed by atoms with Crippen molar-refractivity contribution >= 4 is 32.4 Å². The Morgan fingerprint density at radius 3 is 2.71 bits per heavy atom. The van der Waals surface area contributed by atoms with Gasteiger partial charge in [-0.15, -0.1) is 0 Å². The van der Waals surface area contributed by atoms with Gasteiger partial charge < -0.3 is 10.5 Å². The summed E-state index contributed by atoms with van der Waals surface area (Å²) < 4.78 is 6.20. The lowest BCUT2D eigenvalue weighted by Crippen LogP contribution is -1.93. The zero-order valence-electron chi connectivity index (χ0n) is 7.75. The van der Waals surface area contributed by atoms with Gasteiger partial charge >= 0.3 is 0 Å². The SMILES string of the molecule is COc1ccc2cc(Br)ccc2c1N. The lowest BCUT2D eigenvalue weighted by atomic mass is 10.1. The van der Waals surface area contributed by atoms with Crippen LogP contribution in [0.2, 0.25) is 0 Å². The monoisotopic (exact) mass is 251 g/mol. The topological polar surface area (TPSA) is 35.2 Å². The number of nitrogen functional groups attached to an aromatic ring is 1. The quantitative estimate of drug-likeness (QED) is 0.791. The normalized spacial score (nSPS) is 10.4. The van der Waals surface area contributed by atoms with Gasteiger partial charge in [-0.2, -0.15) is 0 Å². The molecule has 0 aliphatic heterocycles. The Morgan fingerprint density at radius 1 is 1.21 bits per heavy atom. The van der Waals surface area contributed by atoms with E-state index in [-0.39, 0.29) is 0 Å². The van der Waals surface area contributed by atoms with Crippen LogP contribution in [0, 0.1) is 0 Å². The number of rotatable bonds is 1. The van der Waals surface area contributed by atoms with Gasteiger partial charge in [0.1, 0.15) is 5.75 Å². The summed E-state index contributed by atoms with van der Waals surface area (Å²) in [4.78, 5) is 0. The third-order valence-electron chi connectivity index (χ3n) is 2.20. The first-order valence-corrected chi connectivity index (χ1v) is 5.03. The van der Waals surface area contributed by atoms with E-state index in [1.54, 1.807) is 7.11 Å². The second-order valence-corrected chi connectivity index (χ2v) is 3.96. The fourth-order valence-electron chi connectivity index (χ4n) is 1.48. The highest BCUT2D eigenvalue weighted by Crippen LogP contribution is 2.31. The smallest absolute Gasteiger partial charge is 0.142 e. The molecule has 0 aliphatic rings. The summed E-state index contributed by atoms with van der Waals surface area (Å²) >= 11 is 3.42.